The number of nitrogens with two attached hydrogens (primary N) is 1. The first kappa shape index (κ1) is 24.3. The maximum Gasteiger partial charge on any atom is 0.318 e. The van der Waals surface area contributed by atoms with Gasteiger partial charge in [-0.2, -0.15) is 0 Å². The third-order valence-electron chi connectivity index (χ3n) is 6.90. The van der Waals surface area contributed by atoms with Crippen molar-refractivity contribution < 1.29 is 9.59 Å². The van der Waals surface area contributed by atoms with Crippen molar-refractivity contribution in [2.75, 3.05) is 35.6 Å². The number of urea groups is 1. The smallest absolute Gasteiger partial charge is 0.318 e. The summed E-state index contributed by atoms with van der Waals surface area (Å²) in [7, 11) is 0. The predicted octanol–water partition coefficient (Wildman–Crippen LogP) is 4.19. The molecule has 2 aliphatic heterocycles. The van der Waals surface area contributed by atoms with Gasteiger partial charge >= 0.3 is 6.03 Å². The number of hydrogen-bond donors (Lipinski definition) is 3. The van der Waals surface area contributed by atoms with Gasteiger partial charge in [-0.05, 0) is 57.4 Å². The van der Waals surface area contributed by atoms with Crippen LogP contribution in [0, 0.1) is 0 Å². The summed E-state index contributed by atoms with van der Waals surface area (Å²) in [6, 6.07) is 10.9. The van der Waals surface area contributed by atoms with Gasteiger partial charge in [-0.1, -0.05) is 36.4 Å². The lowest BCUT2D eigenvalue weighted by Gasteiger charge is -2.46. The van der Waals surface area contributed by atoms with Crippen LogP contribution in [0.1, 0.15) is 43.5 Å². The Balaban J connectivity index is 1.42. The molecule has 184 valence electrons. The Morgan fingerprint density at radius 1 is 1.20 bits per heavy atom. The highest BCUT2D eigenvalue weighted by atomic mass is 16.2. The topological polar surface area (TPSA) is 104 Å². The quantitative estimate of drug-likeness (QED) is 0.412. The molecule has 8 nitrogen and oxygen atoms in total. The Bertz CT molecular complexity index is 1100. The number of amides is 3. The fraction of sp³-hybridized carbons (Fsp3) is 0.370. The lowest BCUT2D eigenvalue weighted by molar-refractivity contribution is 0.102. The second kappa shape index (κ2) is 10.6. The monoisotopic (exact) mass is 474 g/mol. The van der Waals surface area contributed by atoms with E-state index in [2.05, 4.69) is 37.6 Å². The molecular formula is C27H34N6O2. The molecule has 0 aliphatic carbocycles. The van der Waals surface area contributed by atoms with Crippen molar-refractivity contribution in [3.8, 4) is 0 Å². The minimum atomic E-state index is -0.248. The van der Waals surface area contributed by atoms with Gasteiger partial charge < -0.3 is 26.2 Å². The van der Waals surface area contributed by atoms with Crippen molar-refractivity contribution >= 4 is 29.1 Å². The zero-order chi connectivity index (χ0) is 24.8. The second-order valence-corrected chi connectivity index (χ2v) is 9.08. The molecule has 2 saturated heterocycles. The molecule has 2 aromatic rings. The van der Waals surface area contributed by atoms with Gasteiger partial charge in [0.2, 0.25) is 0 Å². The number of nitrogens with zero attached hydrogens (tertiary/aromatic N) is 3. The van der Waals surface area contributed by atoms with E-state index in [4.69, 9.17) is 5.73 Å². The van der Waals surface area contributed by atoms with Crippen LogP contribution in [0.25, 0.3) is 0 Å². The molecule has 4 N–H and O–H groups in total. The molecule has 0 radical (unpaired) electrons. The molecule has 1 atom stereocenters. The third-order valence-corrected chi connectivity index (χ3v) is 6.90. The normalized spacial score (nSPS) is 18.4. The van der Waals surface area contributed by atoms with E-state index in [0.29, 0.717) is 23.5 Å². The van der Waals surface area contributed by atoms with E-state index in [-0.39, 0.29) is 23.5 Å². The number of pyridine rings is 1. The highest BCUT2D eigenvalue weighted by Gasteiger charge is 2.49. The number of anilines is 3. The van der Waals surface area contributed by atoms with Crippen LogP contribution in [0.2, 0.25) is 0 Å². The average molecular weight is 475 g/mol. The first-order valence-corrected chi connectivity index (χ1v) is 12.2. The SMILES string of the molecule is C/C=C\CC(/C=C/C)N1C(=O)NCC12CCN(c1ccc(C(=O)Nc3ccccc3N)cn1)CC2. The highest BCUT2D eigenvalue weighted by molar-refractivity contribution is 6.05. The van der Waals surface area contributed by atoms with Crippen molar-refractivity contribution in [2.45, 2.75) is 44.7 Å². The van der Waals surface area contributed by atoms with Crippen molar-refractivity contribution in [3.63, 3.8) is 0 Å². The van der Waals surface area contributed by atoms with E-state index >= 15 is 0 Å². The summed E-state index contributed by atoms with van der Waals surface area (Å²) in [4.78, 5) is 34.3. The molecule has 1 aromatic carbocycles. The first-order chi connectivity index (χ1) is 17.0. The summed E-state index contributed by atoms with van der Waals surface area (Å²) in [6.45, 7) is 6.24. The minimum Gasteiger partial charge on any atom is -0.397 e. The number of nitrogen functional groups attached to an aromatic ring is 1. The number of hydrogen-bond acceptors (Lipinski definition) is 5. The number of carbonyl (C=O) groups excluding carboxylic acids is 2. The van der Waals surface area contributed by atoms with Gasteiger partial charge in [0.1, 0.15) is 5.82 Å². The van der Waals surface area contributed by atoms with Crippen LogP contribution in [0.4, 0.5) is 22.0 Å². The standard InChI is InChI=1S/C27H34N6O2/c1-3-5-9-21(8-4-2)33-26(35)30-19-27(33)14-16-32(17-15-27)24-13-12-20(18-29-24)25(34)31-23-11-7-6-10-22(23)28/h3-8,10-13,18,21H,9,14-17,19,28H2,1-2H3,(H,30,35)(H,31,34)/b5-3-,8-4+. The Hall–Kier alpha value is -3.81. The number of benzene rings is 1. The Kier molecular flexibility index (Phi) is 7.39. The number of nitrogens with one attached hydrogen (secondary N) is 2. The van der Waals surface area contributed by atoms with Gasteiger partial charge in [-0.15, -0.1) is 0 Å². The van der Waals surface area contributed by atoms with Crippen LogP contribution in [-0.2, 0) is 0 Å². The molecule has 1 spiro atoms. The van der Waals surface area contributed by atoms with Crippen LogP contribution in [0.3, 0.4) is 0 Å². The number of para-hydroxylation sites is 2. The second-order valence-electron chi connectivity index (χ2n) is 9.08. The van der Waals surface area contributed by atoms with Gasteiger partial charge in [0.25, 0.3) is 5.91 Å². The molecule has 35 heavy (non-hydrogen) atoms. The third kappa shape index (κ3) is 5.16. The van der Waals surface area contributed by atoms with E-state index < -0.39 is 0 Å². The lowest BCUT2D eigenvalue weighted by atomic mass is 9.85. The molecular weight excluding hydrogens is 440 g/mol. The first-order valence-electron chi connectivity index (χ1n) is 12.2. The number of rotatable bonds is 7. The zero-order valence-electron chi connectivity index (χ0n) is 20.4. The molecule has 0 saturated carbocycles. The van der Waals surface area contributed by atoms with E-state index in [1.165, 1.54) is 0 Å². The predicted molar refractivity (Wildman–Crippen MR) is 140 cm³/mol. The van der Waals surface area contributed by atoms with E-state index in [9.17, 15) is 9.59 Å². The summed E-state index contributed by atoms with van der Waals surface area (Å²) < 4.78 is 0. The van der Waals surface area contributed by atoms with E-state index in [0.717, 1.165) is 38.2 Å². The number of carbonyl (C=O) groups is 2. The van der Waals surface area contributed by atoms with E-state index in [1.807, 2.05) is 44.2 Å². The van der Waals surface area contributed by atoms with Gasteiger partial charge in [-0.25, -0.2) is 9.78 Å². The van der Waals surface area contributed by atoms with Crippen LogP contribution >= 0.6 is 0 Å². The van der Waals surface area contributed by atoms with Crippen molar-refractivity contribution in [1.82, 2.24) is 15.2 Å². The fourth-order valence-electron chi connectivity index (χ4n) is 4.98. The van der Waals surface area contributed by atoms with Crippen LogP contribution in [0.5, 0.6) is 0 Å². The number of piperidine rings is 1. The molecule has 1 aromatic heterocycles. The Morgan fingerprint density at radius 3 is 2.63 bits per heavy atom. The van der Waals surface area contributed by atoms with Crippen molar-refractivity contribution in [2.24, 2.45) is 0 Å². The van der Waals surface area contributed by atoms with Gasteiger partial charge in [0.15, 0.2) is 0 Å². The summed E-state index contributed by atoms with van der Waals surface area (Å²) >= 11 is 0. The minimum absolute atomic E-state index is 0.0126. The molecule has 3 amide bonds. The van der Waals surface area contributed by atoms with Gasteiger partial charge in [-0.3, -0.25) is 4.79 Å². The molecule has 3 heterocycles. The maximum absolute atomic E-state index is 12.8. The lowest BCUT2D eigenvalue weighted by Crippen LogP contribution is -2.57. The van der Waals surface area contributed by atoms with E-state index in [1.54, 1.807) is 24.4 Å². The number of aromatic nitrogens is 1. The van der Waals surface area contributed by atoms with Crippen LogP contribution < -0.4 is 21.3 Å². The Labute approximate surface area is 206 Å². The molecule has 8 heteroatoms. The molecule has 2 aliphatic rings. The van der Waals surface area contributed by atoms with Crippen molar-refractivity contribution in [1.29, 1.82) is 0 Å². The average Bonchev–Trinajstić information content (AvgIpc) is 3.19. The Morgan fingerprint density at radius 2 is 1.97 bits per heavy atom. The van der Waals surface area contributed by atoms with Crippen LogP contribution in [0.15, 0.2) is 66.9 Å². The van der Waals surface area contributed by atoms with Gasteiger partial charge in [0, 0.05) is 25.8 Å². The van der Waals surface area contributed by atoms with Crippen molar-refractivity contribution in [3.05, 3.63) is 72.5 Å². The molecule has 1 unspecified atom stereocenters. The zero-order valence-corrected chi connectivity index (χ0v) is 20.4. The van der Waals surface area contributed by atoms with Crippen LogP contribution in [-0.4, -0.2) is 53.0 Å². The molecule has 2 fully saturated rings. The summed E-state index contributed by atoms with van der Waals surface area (Å²) in [6.07, 6.45) is 12.4. The summed E-state index contributed by atoms with van der Waals surface area (Å²) in [5.74, 6) is 0.584. The molecule has 4 rings (SSSR count). The maximum atomic E-state index is 12.8. The summed E-state index contributed by atoms with van der Waals surface area (Å²) in [5.41, 5.74) is 7.29. The fourth-order valence-corrected chi connectivity index (χ4v) is 4.98. The summed E-state index contributed by atoms with van der Waals surface area (Å²) in [5, 5.41) is 5.92. The molecule has 0 bridgehead atoms. The van der Waals surface area contributed by atoms with Gasteiger partial charge in [0.05, 0.1) is 28.5 Å². The number of allylic oxidation sites excluding steroid dienone is 2. The largest absolute Gasteiger partial charge is 0.397 e. The highest BCUT2D eigenvalue weighted by Crippen LogP contribution is 2.36.